The molecule has 0 amide bonds. The van der Waals surface area contributed by atoms with E-state index in [1.54, 1.807) is 23.4 Å². The molecule has 0 spiro atoms. The van der Waals surface area contributed by atoms with Crippen LogP contribution in [0.1, 0.15) is 37.1 Å². The van der Waals surface area contributed by atoms with Crippen molar-refractivity contribution in [3.63, 3.8) is 0 Å². The summed E-state index contributed by atoms with van der Waals surface area (Å²) in [5, 5.41) is 6.85. The first-order valence-electron chi connectivity index (χ1n) is 8.10. The van der Waals surface area contributed by atoms with E-state index in [2.05, 4.69) is 15.2 Å². The van der Waals surface area contributed by atoms with Crippen LogP contribution in [0.25, 0.3) is 0 Å². The van der Waals surface area contributed by atoms with Gasteiger partial charge in [-0.25, -0.2) is 8.78 Å². The highest BCUT2D eigenvalue weighted by molar-refractivity contribution is 5.69. The highest BCUT2D eigenvalue weighted by Gasteiger charge is 2.24. The predicted octanol–water partition coefficient (Wildman–Crippen LogP) is 4.25. The number of benzene rings is 1. The number of aromatic nitrogens is 2. The molecule has 132 valence electrons. The number of hydrogen-bond donors (Lipinski definition) is 1. The number of aromatic amines is 1. The molecule has 0 unspecified atom stereocenters. The van der Waals surface area contributed by atoms with Gasteiger partial charge in [-0.15, -0.1) is 0 Å². The van der Waals surface area contributed by atoms with E-state index < -0.39 is 12.3 Å². The first kappa shape index (κ1) is 17.1. The lowest BCUT2D eigenvalue weighted by atomic mass is 10.1. The highest BCUT2D eigenvalue weighted by Crippen LogP contribution is 2.28. The fourth-order valence-corrected chi connectivity index (χ4v) is 2.51. The van der Waals surface area contributed by atoms with E-state index in [0.29, 0.717) is 23.9 Å². The number of ether oxygens (including phenoxy) is 1. The van der Waals surface area contributed by atoms with Gasteiger partial charge >= 0.3 is 0 Å². The molecule has 1 aliphatic heterocycles. The van der Waals surface area contributed by atoms with E-state index in [1.165, 1.54) is 6.92 Å². The Morgan fingerprint density at radius 2 is 1.96 bits per heavy atom. The maximum Gasteiger partial charge on any atom is 0.246 e. The summed E-state index contributed by atoms with van der Waals surface area (Å²) in [5.74, 6) is 0.151. The van der Waals surface area contributed by atoms with Crippen molar-refractivity contribution in [3.05, 3.63) is 59.7 Å². The molecule has 0 saturated heterocycles. The fourth-order valence-electron chi connectivity index (χ4n) is 2.51. The molecule has 0 fully saturated rings. The van der Waals surface area contributed by atoms with E-state index in [9.17, 15) is 8.78 Å². The minimum absolute atomic E-state index is 0.179. The van der Waals surface area contributed by atoms with E-state index >= 15 is 0 Å². The number of aliphatic imine (C=N–C) groups is 1. The predicted molar refractivity (Wildman–Crippen MR) is 92.9 cm³/mol. The number of nitrogens with one attached hydrogen (secondary N) is 1. The topological polar surface area (TPSA) is 53.5 Å². The number of H-pyrrole nitrogens is 1. The van der Waals surface area contributed by atoms with Gasteiger partial charge < -0.3 is 4.74 Å². The third-order valence-corrected chi connectivity index (χ3v) is 4.12. The molecule has 0 bridgehead atoms. The lowest BCUT2D eigenvalue weighted by molar-refractivity contribution is 0.119. The summed E-state index contributed by atoms with van der Waals surface area (Å²) in [6, 6.07) is 11.4. The van der Waals surface area contributed by atoms with Crippen molar-refractivity contribution in [2.24, 2.45) is 4.99 Å². The van der Waals surface area contributed by atoms with E-state index in [-0.39, 0.29) is 6.10 Å². The molecule has 2 heterocycles. The Kier molecular flexibility index (Phi) is 5.11. The molecule has 0 aliphatic carbocycles. The number of hydrogen-bond acceptors (Lipinski definition) is 4. The Balaban J connectivity index is 1.77. The average Bonchev–Trinajstić information content (AvgIpc) is 3.12. The van der Waals surface area contributed by atoms with Gasteiger partial charge in [0.1, 0.15) is 6.10 Å². The SMILES string of the molecule is C[C@H](OC1=CN=CCN1c1cc([C@@H](C)C(F)F)[nH]n1)c1ccccc1. The zero-order valence-electron chi connectivity index (χ0n) is 14.1. The highest BCUT2D eigenvalue weighted by atomic mass is 19.3. The summed E-state index contributed by atoms with van der Waals surface area (Å²) in [4.78, 5) is 5.94. The van der Waals surface area contributed by atoms with Gasteiger partial charge in [0.25, 0.3) is 0 Å². The van der Waals surface area contributed by atoms with Crippen molar-refractivity contribution >= 4 is 12.0 Å². The minimum Gasteiger partial charge on any atom is -0.470 e. The van der Waals surface area contributed by atoms with Crippen molar-refractivity contribution in [2.45, 2.75) is 32.3 Å². The van der Waals surface area contributed by atoms with Crippen LogP contribution in [-0.2, 0) is 4.74 Å². The zero-order valence-corrected chi connectivity index (χ0v) is 14.1. The van der Waals surface area contributed by atoms with Crippen molar-refractivity contribution in [2.75, 3.05) is 11.4 Å². The van der Waals surface area contributed by atoms with Crippen LogP contribution < -0.4 is 4.90 Å². The first-order valence-corrected chi connectivity index (χ1v) is 8.10. The van der Waals surface area contributed by atoms with Crippen LogP contribution in [0.5, 0.6) is 0 Å². The largest absolute Gasteiger partial charge is 0.470 e. The summed E-state index contributed by atoms with van der Waals surface area (Å²) in [5.41, 5.74) is 1.43. The lowest BCUT2D eigenvalue weighted by Crippen LogP contribution is -2.29. The van der Waals surface area contributed by atoms with Gasteiger partial charge in [0.15, 0.2) is 5.82 Å². The third-order valence-electron chi connectivity index (χ3n) is 4.12. The normalized spacial score (nSPS) is 16.7. The summed E-state index contributed by atoms with van der Waals surface area (Å²) in [6.07, 6.45) is 0.695. The van der Waals surface area contributed by atoms with Gasteiger partial charge in [0.2, 0.25) is 12.3 Å². The fraction of sp³-hybridized carbons (Fsp3) is 0.333. The lowest BCUT2D eigenvalue weighted by Gasteiger charge is -2.27. The van der Waals surface area contributed by atoms with Crippen LogP contribution in [0.4, 0.5) is 14.6 Å². The summed E-state index contributed by atoms with van der Waals surface area (Å²) in [6.45, 7) is 3.87. The van der Waals surface area contributed by atoms with Crippen LogP contribution in [0.3, 0.4) is 0 Å². The molecule has 5 nitrogen and oxygen atoms in total. The van der Waals surface area contributed by atoms with Gasteiger partial charge in [-0.3, -0.25) is 15.0 Å². The van der Waals surface area contributed by atoms with Gasteiger partial charge in [0.05, 0.1) is 18.7 Å². The van der Waals surface area contributed by atoms with Crippen molar-refractivity contribution in [1.82, 2.24) is 10.2 Å². The van der Waals surface area contributed by atoms with Crippen LogP contribution in [-0.4, -0.2) is 29.4 Å². The summed E-state index contributed by atoms with van der Waals surface area (Å²) >= 11 is 0. The van der Waals surface area contributed by atoms with E-state index in [1.807, 2.05) is 37.3 Å². The molecule has 0 radical (unpaired) electrons. The Hall–Kier alpha value is -2.70. The van der Waals surface area contributed by atoms with Crippen molar-refractivity contribution < 1.29 is 13.5 Å². The molecule has 3 rings (SSSR count). The first-order chi connectivity index (χ1) is 12.1. The third kappa shape index (κ3) is 3.87. The van der Waals surface area contributed by atoms with Crippen LogP contribution >= 0.6 is 0 Å². The molecular formula is C18H20F2N4O. The van der Waals surface area contributed by atoms with Gasteiger partial charge in [0, 0.05) is 18.0 Å². The molecule has 0 saturated carbocycles. The van der Waals surface area contributed by atoms with E-state index in [4.69, 9.17) is 4.74 Å². The van der Waals surface area contributed by atoms with Crippen LogP contribution in [0, 0.1) is 0 Å². The Bertz CT molecular complexity index is 757. The van der Waals surface area contributed by atoms with Crippen LogP contribution in [0.2, 0.25) is 0 Å². The molecular weight excluding hydrogens is 326 g/mol. The second kappa shape index (κ2) is 7.46. The monoisotopic (exact) mass is 346 g/mol. The Labute approximate surface area is 145 Å². The minimum atomic E-state index is -2.44. The summed E-state index contributed by atoms with van der Waals surface area (Å²) in [7, 11) is 0. The second-order valence-corrected chi connectivity index (χ2v) is 5.88. The number of halogens is 2. The Morgan fingerprint density at radius 1 is 1.20 bits per heavy atom. The number of nitrogens with zero attached hydrogens (tertiary/aromatic N) is 3. The van der Waals surface area contributed by atoms with Crippen molar-refractivity contribution in [1.29, 1.82) is 0 Å². The standard InChI is InChI=1S/C18H20F2N4O/c1-12(18(19)20)15-10-16(23-22-15)24-9-8-21-11-17(24)25-13(2)14-6-4-3-5-7-14/h3-8,10-13,18H,9H2,1-2H3,(H,22,23)/t12-,13+/m1/s1. The molecule has 1 aromatic heterocycles. The second-order valence-electron chi connectivity index (χ2n) is 5.88. The smallest absolute Gasteiger partial charge is 0.246 e. The molecule has 7 heteroatoms. The molecule has 1 N–H and O–H groups in total. The maximum atomic E-state index is 12.9. The number of alkyl halides is 2. The Morgan fingerprint density at radius 3 is 2.68 bits per heavy atom. The summed E-state index contributed by atoms with van der Waals surface area (Å²) < 4.78 is 31.8. The maximum absolute atomic E-state index is 12.9. The molecule has 1 aromatic carbocycles. The average molecular weight is 346 g/mol. The van der Waals surface area contributed by atoms with Crippen molar-refractivity contribution in [3.8, 4) is 0 Å². The van der Waals surface area contributed by atoms with Gasteiger partial charge in [-0.05, 0) is 12.5 Å². The molecule has 1 aliphatic rings. The molecule has 25 heavy (non-hydrogen) atoms. The van der Waals surface area contributed by atoms with Gasteiger partial charge in [-0.1, -0.05) is 37.3 Å². The quantitative estimate of drug-likeness (QED) is 0.851. The van der Waals surface area contributed by atoms with Crippen LogP contribution in [0.15, 0.2) is 53.5 Å². The zero-order chi connectivity index (χ0) is 17.8. The number of anilines is 1. The van der Waals surface area contributed by atoms with Gasteiger partial charge in [-0.2, -0.15) is 5.10 Å². The molecule has 2 aromatic rings. The number of rotatable bonds is 6. The van der Waals surface area contributed by atoms with E-state index in [0.717, 1.165) is 5.56 Å². The molecule has 2 atom stereocenters.